The van der Waals surface area contributed by atoms with Gasteiger partial charge in [0.05, 0.1) is 31.5 Å². The third-order valence-electron chi connectivity index (χ3n) is 8.44. The van der Waals surface area contributed by atoms with E-state index in [9.17, 15) is 18.3 Å². The minimum atomic E-state index is -3.56. The Bertz CT molecular complexity index is 1210. The number of amides is 1. The molecule has 1 aliphatic carbocycles. The number of hydrogen-bond donors (Lipinski definition) is 1. The predicted octanol–water partition coefficient (Wildman–Crippen LogP) is 2.55. The van der Waals surface area contributed by atoms with E-state index in [1.54, 1.807) is 7.11 Å². The van der Waals surface area contributed by atoms with E-state index in [0.29, 0.717) is 32.5 Å². The Morgan fingerprint density at radius 1 is 1.21 bits per heavy atom. The molecule has 9 heteroatoms. The Balaban J connectivity index is 1.61. The number of carbonyl (C=O) groups is 1. The van der Waals surface area contributed by atoms with Crippen molar-refractivity contribution < 1.29 is 23.1 Å². The SMILES string of the molecule is COc1ccc2c3c(n(C)c2c1)[C@@H](CO)N(S(C)(=O)=O)CC31CCN(C(=O)C2CCCC2)CC1. The van der Waals surface area contributed by atoms with E-state index in [1.807, 2.05) is 28.6 Å². The largest absolute Gasteiger partial charge is 0.497 e. The summed E-state index contributed by atoms with van der Waals surface area (Å²) in [6.45, 7) is 1.29. The van der Waals surface area contributed by atoms with Crippen LogP contribution in [0.3, 0.4) is 0 Å². The molecule has 2 fully saturated rings. The number of aryl methyl sites for hydroxylation is 1. The molecule has 0 radical (unpaired) electrons. The average Bonchev–Trinajstić information content (AvgIpc) is 3.46. The summed E-state index contributed by atoms with van der Waals surface area (Å²) in [5, 5.41) is 11.4. The van der Waals surface area contributed by atoms with Crippen molar-refractivity contribution in [3.63, 3.8) is 0 Å². The number of nitrogens with zero attached hydrogens (tertiary/aromatic N) is 3. The summed E-state index contributed by atoms with van der Waals surface area (Å²) in [5.41, 5.74) is 2.52. The highest BCUT2D eigenvalue weighted by Gasteiger charge is 2.51. The van der Waals surface area contributed by atoms with E-state index in [4.69, 9.17) is 4.74 Å². The molecule has 1 saturated carbocycles. The number of benzene rings is 1. The summed E-state index contributed by atoms with van der Waals surface area (Å²) in [6, 6.07) is 5.32. The lowest BCUT2D eigenvalue weighted by Crippen LogP contribution is -2.56. The van der Waals surface area contributed by atoms with E-state index in [0.717, 1.165) is 53.6 Å². The summed E-state index contributed by atoms with van der Waals surface area (Å²) in [4.78, 5) is 15.1. The van der Waals surface area contributed by atoms with Crippen LogP contribution in [0.25, 0.3) is 10.9 Å². The van der Waals surface area contributed by atoms with Gasteiger partial charge >= 0.3 is 0 Å². The Kier molecular flexibility index (Phi) is 5.93. The highest BCUT2D eigenvalue weighted by molar-refractivity contribution is 7.88. The molecule has 1 saturated heterocycles. The van der Waals surface area contributed by atoms with Gasteiger partial charge < -0.3 is 19.3 Å². The average molecular weight is 490 g/mol. The van der Waals surface area contributed by atoms with Gasteiger partial charge in [-0.1, -0.05) is 12.8 Å². The van der Waals surface area contributed by atoms with Crippen LogP contribution >= 0.6 is 0 Å². The molecule has 2 aliphatic heterocycles. The highest BCUT2D eigenvalue weighted by Crippen LogP contribution is 2.50. The zero-order valence-corrected chi connectivity index (χ0v) is 21.1. The Hall–Kier alpha value is -2.10. The Labute approximate surface area is 201 Å². The van der Waals surface area contributed by atoms with Gasteiger partial charge in [-0.2, -0.15) is 4.31 Å². The van der Waals surface area contributed by atoms with Gasteiger partial charge in [0.15, 0.2) is 0 Å². The van der Waals surface area contributed by atoms with Crippen molar-refractivity contribution >= 4 is 26.8 Å². The topological polar surface area (TPSA) is 92.1 Å². The van der Waals surface area contributed by atoms with Crippen LogP contribution in [0, 0.1) is 5.92 Å². The first-order valence-electron chi connectivity index (χ1n) is 12.2. The first-order valence-corrected chi connectivity index (χ1v) is 14.1. The monoisotopic (exact) mass is 489 g/mol. The van der Waals surface area contributed by atoms with E-state index in [2.05, 4.69) is 6.07 Å². The third-order valence-corrected chi connectivity index (χ3v) is 9.68. The van der Waals surface area contributed by atoms with Crippen LogP contribution in [0.1, 0.15) is 55.8 Å². The van der Waals surface area contributed by atoms with Crippen LogP contribution in [-0.2, 0) is 27.3 Å². The molecular weight excluding hydrogens is 454 g/mol. The van der Waals surface area contributed by atoms with E-state index >= 15 is 0 Å². The van der Waals surface area contributed by atoms with Crippen LogP contribution in [0.4, 0.5) is 0 Å². The quantitative estimate of drug-likeness (QED) is 0.713. The summed E-state index contributed by atoms with van der Waals surface area (Å²) < 4.78 is 34.7. The summed E-state index contributed by atoms with van der Waals surface area (Å²) in [7, 11) is 0.00109. The Morgan fingerprint density at radius 3 is 2.47 bits per heavy atom. The molecule has 2 aromatic rings. The molecule has 1 aromatic carbocycles. The van der Waals surface area contributed by atoms with Crippen molar-refractivity contribution in [1.82, 2.24) is 13.8 Å². The normalized spacial score (nSPS) is 23.5. The summed E-state index contributed by atoms with van der Waals surface area (Å²) >= 11 is 0. The molecule has 1 amide bonds. The van der Waals surface area contributed by atoms with Crippen molar-refractivity contribution in [1.29, 1.82) is 0 Å². The number of methoxy groups -OCH3 is 1. The first kappa shape index (κ1) is 23.6. The predicted molar refractivity (Wildman–Crippen MR) is 130 cm³/mol. The number of piperidine rings is 1. The summed E-state index contributed by atoms with van der Waals surface area (Å²) in [5.74, 6) is 1.14. The van der Waals surface area contributed by atoms with Crippen LogP contribution in [-0.4, -0.2) is 72.8 Å². The number of likely N-dealkylation sites (tertiary alicyclic amines) is 1. The third kappa shape index (κ3) is 3.63. The minimum absolute atomic E-state index is 0.146. The molecule has 0 bridgehead atoms. The fourth-order valence-electron chi connectivity index (χ4n) is 6.65. The van der Waals surface area contributed by atoms with Gasteiger partial charge in [0.1, 0.15) is 5.75 Å². The number of aromatic nitrogens is 1. The number of rotatable bonds is 4. The number of aliphatic hydroxyl groups excluding tert-OH is 1. The van der Waals surface area contributed by atoms with Crippen LogP contribution in [0.2, 0.25) is 0 Å². The number of ether oxygens (including phenoxy) is 1. The standard InChI is InChI=1S/C25H35N3O5S/c1-26-20-14-18(33-2)8-9-19(20)22-23(26)21(15-29)28(34(3,31)32)16-25(22)10-12-27(13-11-25)24(30)17-6-4-5-7-17/h8-9,14,17,21,29H,4-7,10-13,15-16H2,1-3H3/t21-/m1/s1. The van der Waals surface area contributed by atoms with E-state index in [1.165, 1.54) is 10.6 Å². The second-order valence-corrected chi connectivity index (χ2v) is 12.2. The van der Waals surface area contributed by atoms with Gasteiger partial charge in [-0.3, -0.25) is 4.79 Å². The number of carbonyl (C=O) groups excluding carboxylic acids is 1. The molecule has 1 atom stereocenters. The van der Waals surface area contributed by atoms with Gasteiger partial charge in [-0.15, -0.1) is 0 Å². The Morgan fingerprint density at radius 2 is 1.88 bits per heavy atom. The molecule has 186 valence electrons. The maximum absolute atomic E-state index is 13.1. The molecule has 3 aliphatic rings. The molecule has 8 nitrogen and oxygen atoms in total. The lowest BCUT2D eigenvalue weighted by atomic mass is 9.68. The zero-order valence-electron chi connectivity index (χ0n) is 20.3. The van der Waals surface area contributed by atoms with Gasteiger partial charge in [0, 0.05) is 55.2 Å². The van der Waals surface area contributed by atoms with E-state index in [-0.39, 0.29) is 18.4 Å². The lowest BCUT2D eigenvalue weighted by Gasteiger charge is -2.49. The first-order chi connectivity index (χ1) is 16.2. The van der Waals surface area contributed by atoms with Crippen LogP contribution in [0.15, 0.2) is 18.2 Å². The fourth-order valence-corrected chi connectivity index (χ4v) is 7.76. The fraction of sp³-hybridized carbons (Fsp3) is 0.640. The number of sulfonamides is 1. The molecule has 3 heterocycles. The maximum Gasteiger partial charge on any atom is 0.225 e. The van der Waals surface area contributed by atoms with Crippen LogP contribution in [0.5, 0.6) is 5.75 Å². The summed E-state index contributed by atoms with van der Waals surface area (Å²) in [6.07, 6.45) is 6.84. The van der Waals surface area contributed by atoms with Crippen molar-refractivity contribution in [2.45, 2.75) is 50.0 Å². The molecule has 34 heavy (non-hydrogen) atoms. The molecule has 5 rings (SSSR count). The highest BCUT2D eigenvalue weighted by atomic mass is 32.2. The number of aliphatic hydroxyl groups is 1. The smallest absolute Gasteiger partial charge is 0.225 e. The molecular formula is C25H35N3O5S. The lowest BCUT2D eigenvalue weighted by molar-refractivity contribution is -0.137. The van der Waals surface area contributed by atoms with Crippen molar-refractivity contribution in [2.75, 3.05) is 39.6 Å². The second-order valence-electron chi connectivity index (χ2n) is 10.3. The van der Waals surface area contributed by atoms with Crippen molar-refractivity contribution in [3.05, 3.63) is 29.5 Å². The molecule has 0 unspecified atom stereocenters. The van der Waals surface area contributed by atoms with Crippen LogP contribution < -0.4 is 4.74 Å². The van der Waals surface area contributed by atoms with E-state index < -0.39 is 21.5 Å². The molecule has 1 N–H and O–H groups in total. The van der Waals surface area contributed by atoms with Gasteiger partial charge in [0.2, 0.25) is 15.9 Å². The van der Waals surface area contributed by atoms with Crippen molar-refractivity contribution in [2.24, 2.45) is 13.0 Å². The number of hydrogen-bond acceptors (Lipinski definition) is 5. The minimum Gasteiger partial charge on any atom is -0.497 e. The van der Waals surface area contributed by atoms with Gasteiger partial charge in [-0.25, -0.2) is 8.42 Å². The molecule has 1 spiro atoms. The second kappa shape index (κ2) is 8.53. The van der Waals surface area contributed by atoms with Gasteiger partial charge in [0.25, 0.3) is 0 Å². The zero-order chi connectivity index (χ0) is 24.3. The maximum atomic E-state index is 13.1. The molecule has 1 aromatic heterocycles. The van der Waals surface area contributed by atoms with Crippen molar-refractivity contribution in [3.8, 4) is 5.75 Å². The van der Waals surface area contributed by atoms with Gasteiger partial charge in [-0.05, 0) is 43.4 Å². The number of fused-ring (bicyclic) bond motifs is 4.